The predicted molar refractivity (Wildman–Crippen MR) is 125 cm³/mol. The molecule has 0 aliphatic carbocycles. The Kier molecular flexibility index (Phi) is 7.94. The van der Waals surface area contributed by atoms with Crippen LogP contribution in [0.4, 0.5) is 0 Å². The highest BCUT2D eigenvalue weighted by atomic mass is 32.2. The molecule has 0 unspecified atom stereocenters. The summed E-state index contributed by atoms with van der Waals surface area (Å²) in [4.78, 5) is 4.63. The molecule has 0 radical (unpaired) electrons. The van der Waals surface area contributed by atoms with Crippen LogP contribution in [0, 0.1) is 0 Å². The Bertz CT molecular complexity index is 1260. The second-order valence-corrected chi connectivity index (χ2v) is 8.78. The lowest BCUT2D eigenvalue weighted by molar-refractivity contribution is 0.281. The number of para-hydroxylation sites is 1. The van der Waals surface area contributed by atoms with Crippen molar-refractivity contribution in [3.63, 3.8) is 0 Å². The normalized spacial score (nSPS) is 11.0. The van der Waals surface area contributed by atoms with Gasteiger partial charge in [-0.05, 0) is 47.4 Å². The lowest BCUT2D eigenvalue weighted by atomic mass is 10.0. The van der Waals surface area contributed by atoms with Gasteiger partial charge in [-0.3, -0.25) is 4.55 Å². The van der Waals surface area contributed by atoms with E-state index in [-0.39, 0.29) is 6.61 Å². The molecule has 0 amide bonds. The second kappa shape index (κ2) is 10.9. The number of fused-ring (bicyclic) bond motifs is 1. The molecule has 0 fully saturated rings. The van der Waals surface area contributed by atoms with Gasteiger partial charge in [0.2, 0.25) is 0 Å². The van der Waals surface area contributed by atoms with Crippen molar-refractivity contribution in [2.45, 2.75) is 19.6 Å². The molecule has 0 bridgehead atoms. The minimum atomic E-state index is -3.67. The Morgan fingerprint density at radius 2 is 1.53 bits per heavy atom. The lowest BCUT2D eigenvalue weighted by Gasteiger charge is -2.08. The fourth-order valence-corrected chi connectivity index (χ4v) is 3.12. The molecule has 166 valence electrons. The number of aliphatic hydroxyl groups excluding tert-OH is 1. The maximum Gasteiger partial charge on any atom is 0.261 e. The molecule has 0 aliphatic heterocycles. The average molecular weight is 452 g/mol. The summed E-state index contributed by atoms with van der Waals surface area (Å²) in [5, 5.41) is 10.4. The number of aromatic nitrogens is 1. The van der Waals surface area contributed by atoms with Gasteiger partial charge in [-0.1, -0.05) is 60.7 Å². The van der Waals surface area contributed by atoms with Crippen molar-refractivity contribution in [1.82, 2.24) is 4.98 Å². The minimum Gasteiger partial charge on any atom is -0.487 e. The van der Waals surface area contributed by atoms with Gasteiger partial charge in [0, 0.05) is 5.39 Å². The van der Waals surface area contributed by atoms with Crippen LogP contribution in [0.15, 0.2) is 84.9 Å². The molecule has 32 heavy (non-hydrogen) atoms. The zero-order valence-electron chi connectivity index (χ0n) is 17.7. The third-order valence-electron chi connectivity index (χ3n) is 4.55. The van der Waals surface area contributed by atoms with Gasteiger partial charge in [0.05, 0.1) is 24.1 Å². The van der Waals surface area contributed by atoms with Crippen molar-refractivity contribution in [3.8, 4) is 5.75 Å². The van der Waals surface area contributed by atoms with E-state index in [1.165, 1.54) is 11.1 Å². The summed E-state index contributed by atoms with van der Waals surface area (Å²) in [7, 11) is -3.67. The van der Waals surface area contributed by atoms with Crippen molar-refractivity contribution in [3.05, 3.63) is 107 Å². The van der Waals surface area contributed by atoms with Gasteiger partial charge >= 0.3 is 0 Å². The van der Waals surface area contributed by atoms with E-state index in [9.17, 15) is 13.5 Å². The zero-order valence-corrected chi connectivity index (χ0v) is 18.5. The number of hydrogen-bond donors (Lipinski definition) is 2. The number of aliphatic hydroxyl groups is 1. The highest BCUT2D eigenvalue weighted by Crippen LogP contribution is 2.18. The largest absolute Gasteiger partial charge is 0.487 e. The number of rotatable bonds is 6. The van der Waals surface area contributed by atoms with Crippen LogP contribution >= 0.6 is 0 Å². The average Bonchev–Trinajstić information content (AvgIpc) is 2.77. The van der Waals surface area contributed by atoms with E-state index in [0.717, 1.165) is 34.3 Å². The molecular formula is C25H25NO5S. The summed E-state index contributed by atoms with van der Waals surface area (Å²) in [5.74, 6) is 0.831. The molecule has 1 aromatic heterocycles. The molecule has 1 heterocycles. The van der Waals surface area contributed by atoms with Crippen LogP contribution in [0.3, 0.4) is 0 Å². The molecule has 0 saturated carbocycles. The highest BCUT2D eigenvalue weighted by Gasteiger charge is 2.02. The molecule has 4 aromatic rings. The first-order valence-corrected chi connectivity index (χ1v) is 11.8. The fraction of sp³-hybridized carbons (Fsp3) is 0.160. The van der Waals surface area contributed by atoms with Crippen molar-refractivity contribution in [2.24, 2.45) is 0 Å². The molecule has 2 N–H and O–H groups in total. The topological polar surface area (TPSA) is 96.7 Å². The van der Waals surface area contributed by atoms with Crippen LogP contribution in [0.2, 0.25) is 0 Å². The van der Waals surface area contributed by atoms with E-state index < -0.39 is 10.1 Å². The Balaban J connectivity index is 0.000000523. The lowest BCUT2D eigenvalue weighted by Crippen LogP contribution is -1.98. The van der Waals surface area contributed by atoms with Crippen molar-refractivity contribution >= 4 is 21.0 Å². The van der Waals surface area contributed by atoms with Crippen LogP contribution in [0.5, 0.6) is 5.75 Å². The van der Waals surface area contributed by atoms with Gasteiger partial charge in [0.25, 0.3) is 10.1 Å². The predicted octanol–water partition coefficient (Wildman–Crippen LogP) is 4.40. The molecule has 7 heteroatoms. The SMILES string of the molecule is CS(=O)(=O)O.OCc1cccc(Cc2ccc(OCc3ccc4ccccc4n3)cc2)c1. The highest BCUT2D eigenvalue weighted by molar-refractivity contribution is 7.85. The van der Waals surface area contributed by atoms with Crippen LogP contribution in [0.1, 0.15) is 22.4 Å². The number of ether oxygens (including phenoxy) is 1. The van der Waals surface area contributed by atoms with Gasteiger partial charge in [0.15, 0.2) is 0 Å². The third-order valence-corrected chi connectivity index (χ3v) is 4.55. The first-order chi connectivity index (χ1) is 15.3. The van der Waals surface area contributed by atoms with E-state index in [2.05, 4.69) is 35.3 Å². The van der Waals surface area contributed by atoms with E-state index in [0.29, 0.717) is 12.9 Å². The Morgan fingerprint density at radius 3 is 2.25 bits per heavy atom. The first kappa shape index (κ1) is 23.4. The van der Waals surface area contributed by atoms with Gasteiger partial charge in [-0.2, -0.15) is 8.42 Å². The summed E-state index contributed by atoms with van der Waals surface area (Å²) in [6.45, 7) is 0.520. The zero-order chi connectivity index (χ0) is 23.0. The molecule has 6 nitrogen and oxygen atoms in total. The van der Waals surface area contributed by atoms with Crippen LogP contribution in [0.25, 0.3) is 10.9 Å². The van der Waals surface area contributed by atoms with Gasteiger partial charge in [0.1, 0.15) is 12.4 Å². The summed E-state index contributed by atoms with van der Waals surface area (Å²) in [5.41, 5.74) is 5.24. The maximum absolute atomic E-state index is 9.25. The van der Waals surface area contributed by atoms with Crippen molar-refractivity contribution < 1.29 is 22.8 Å². The minimum absolute atomic E-state index is 0.0728. The molecule has 3 aromatic carbocycles. The van der Waals surface area contributed by atoms with E-state index >= 15 is 0 Å². The van der Waals surface area contributed by atoms with E-state index in [1.807, 2.05) is 54.6 Å². The van der Waals surface area contributed by atoms with Gasteiger partial charge in [-0.25, -0.2) is 4.98 Å². The Hall–Kier alpha value is -3.26. The van der Waals surface area contributed by atoms with Gasteiger partial charge in [-0.15, -0.1) is 0 Å². The van der Waals surface area contributed by atoms with Crippen LogP contribution in [-0.4, -0.2) is 29.3 Å². The standard InChI is InChI=1S/C24H21NO2.CH4O3S/c26-16-20-5-3-4-19(15-20)14-18-8-12-23(13-9-18)27-17-22-11-10-21-6-1-2-7-24(21)25-22;1-5(2,3)4/h1-13,15,26H,14,16-17H2;1H3,(H,2,3,4). The summed E-state index contributed by atoms with van der Waals surface area (Å²) >= 11 is 0. The van der Waals surface area contributed by atoms with E-state index in [4.69, 9.17) is 9.29 Å². The first-order valence-electron chi connectivity index (χ1n) is 9.98. The molecule has 0 spiro atoms. The van der Waals surface area contributed by atoms with Gasteiger partial charge < -0.3 is 9.84 Å². The summed E-state index contributed by atoms with van der Waals surface area (Å²) < 4.78 is 31.8. The smallest absolute Gasteiger partial charge is 0.261 e. The summed E-state index contributed by atoms with van der Waals surface area (Å²) in [6, 6.07) is 28.3. The van der Waals surface area contributed by atoms with Crippen molar-refractivity contribution in [2.75, 3.05) is 6.26 Å². The number of benzene rings is 3. The fourth-order valence-electron chi connectivity index (χ4n) is 3.12. The second-order valence-electron chi connectivity index (χ2n) is 7.32. The van der Waals surface area contributed by atoms with Crippen molar-refractivity contribution in [1.29, 1.82) is 0 Å². The maximum atomic E-state index is 9.25. The Morgan fingerprint density at radius 1 is 0.844 bits per heavy atom. The quantitative estimate of drug-likeness (QED) is 0.422. The monoisotopic (exact) mass is 451 g/mol. The van der Waals surface area contributed by atoms with Crippen LogP contribution < -0.4 is 4.74 Å². The molecule has 0 aliphatic rings. The number of pyridine rings is 1. The molecule has 0 atom stereocenters. The summed E-state index contributed by atoms with van der Waals surface area (Å²) in [6.07, 6.45) is 1.55. The number of hydrogen-bond acceptors (Lipinski definition) is 5. The number of nitrogens with zero attached hydrogens (tertiary/aromatic N) is 1. The van der Waals surface area contributed by atoms with E-state index in [1.54, 1.807) is 0 Å². The molecule has 4 rings (SSSR count). The third kappa shape index (κ3) is 7.77. The Labute approximate surface area is 187 Å². The molecule has 0 saturated heterocycles. The molecular weight excluding hydrogens is 426 g/mol. The van der Waals surface area contributed by atoms with Crippen LogP contribution in [-0.2, 0) is 29.8 Å².